The molecule has 3 fully saturated rings. The summed E-state index contributed by atoms with van der Waals surface area (Å²) in [4.78, 5) is 17.1. The molecular formula is C17H24N2O3S. The van der Waals surface area contributed by atoms with Gasteiger partial charge in [0.05, 0.1) is 30.9 Å². The molecule has 3 saturated heterocycles. The van der Waals surface area contributed by atoms with E-state index in [1.165, 1.54) is 0 Å². The fraction of sp³-hybridized carbons (Fsp3) is 0.706. The number of hydrogen-bond acceptors (Lipinski definition) is 5. The Balaban J connectivity index is 1.38. The van der Waals surface area contributed by atoms with E-state index in [2.05, 4.69) is 4.90 Å². The predicted molar refractivity (Wildman–Crippen MR) is 88.9 cm³/mol. The van der Waals surface area contributed by atoms with Crippen molar-refractivity contribution < 1.29 is 14.3 Å². The van der Waals surface area contributed by atoms with E-state index in [0.717, 1.165) is 57.7 Å². The smallest absolute Gasteiger partial charge is 0.254 e. The Morgan fingerprint density at radius 1 is 1.26 bits per heavy atom. The quantitative estimate of drug-likeness (QED) is 0.826. The number of amides is 1. The van der Waals surface area contributed by atoms with Gasteiger partial charge in [-0.3, -0.25) is 9.69 Å². The van der Waals surface area contributed by atoms with E-state index in [1.54, 1.807) is 11.3 Å². The number of thiophene rings is 1. The van der Waals surface area contributed by atoms with Crippen molar-refractivity contribution >= 4 is 17.2 Å². The van der Waals surface area contributed by atoms with Crippen LogP contribution < -0.4 is 0 Å². The number of ether oxygens (including phenoxy) is 2. The molecular weight excluding hydrogens is 312 g/mol. The number of nitrogens with zero attached hydrogens (tertiary/aromatic N) is 2. The van der Waals surface area contributed by atoms with Crippen molar-refractivity contribution in [2.24, 2.45) is 0 Å². The van der Waals surface area contributed by atoms with E-state index in [9.17, 15) is 4.79 Å². The number of carbonyl (C=O) groups is 1. The Bertz CT molecular complexity index is 534. The summed E-state index contributed by atoms with van der Waals surface area (Å²) < 4.78 is 11.7. The lowest BCUT2D eigenvalue weighted by atomic mass is 9.88. The molecule has 4 rings (SSSR count). The maximum atomic E-state index is 12.6. The molecule has 0 aromatic carbocycles. The molecule has 0 bridgehead atoms. The van der Waals surface area contributed by atoms with Crippen molar-refractivity contribution in [3.63, 3.8) is 0 Å². The second-order valence-corrected chi connectivity index (χ2v) is 7.60. The average molecular weight is 336 g/mol. The van der Waals surface area contributed by atoms with Gasteiger partial charge >= 0.3 is 0 Å². The first-order valence-electron chi connectivity index (χ1n) is 8.53. The molecule has 4 heterocycles. The van der Waals surface area contributed by atoms with Crippen molar-refractivity contribution in [1.82, 2.24) is 9.80 Å². The van der Waals surface area contributed by atoms with Crippen LogP contribution in [0.25, 0.3) is 0 Å². The van der Waals surface area contributed by atoms with E-state index >= 15 is 0 Å². The van der Waals surface area contributed by atoms with Crippen LogP contribution in [0, 0.1) is 0 Å². The van der Waals surface area contributed by atoms with E-state index in [-0.39, 0.29) is 11.5 Å². The highest BCUT2D eigenvalue weighted by Gasteiger charge is 2.42. The minimum atomic E-state index is -0.139. The first-order valence-corrected chi connectivity index (χ1v) is 9.47. The van der Waals surface area contributed by atoms with Crippen LogP contribution in [0.1, 0.15) is 29.6 Å². The summed E-state index contributed by atoms with van der Waals surface area (Å²) in [6, 6.07) is 2.50. The van der Waals surface area contributed by atoms with E-state index in [4.69, 9.17) is 9.47 Å². The van der Waals surface area contributed by atoms with Crippen LogP contribution in [0.2, 0.25) is 0 Å². The molecule has 0 aliphatic carbocycles. The molecule has 0 unspecified atom stereocenters. The largest absolute Gasteiger partial charge is 0.380 e. The monoisotopic (exact) mass is 336 g/mol. The van der Waals surface area contributed by atoms with Gasteiger partial charge in [0.1, 0.15) is 0 Å². The maximum Gasteiger partial charge on any atom is 0.254 e. The number of rotatable bonds is 2. The van der Waals surface area contributed by atoms with Crippen molar-refractivity contribution in [2.75, 3.05) is 46.0 Å². The molecule has 23 heavy (non-hydrogen) atoms. The molecule has 6 heteroatoms. The Morgan fingerprint density at radius 2 is 2.13 bits per heavy atom. The fourth-order valence-corrected chi connectivity index (χ4v) is 4.63. The fourth-order valence-electron chi connectivity index (χ4n) is 4.00. The molecule has 1 aromatic rings. The van der Waals surface area contributed by atoms with Crippen LogP contribution in [0.15, 0.2) is 16.8 Å². The summed E-state index contributed by atoms with van der Waals surface area (Å²) in [6.45, 7) is 5.96. The number of hydrogen-bond donors (Lipinski definition) is 0. The molecule has 1 spiro atoms. The molecule has 126 valence electrons. The minimum absolute atomic E-state index is 0.139. The second-order valence-electron chi connectivity index (χ2n) is 6.82. The molecule has 3 aliphatic rings. The Hall–Kier alpha value is -0.950. The third kappa shape index (κ3) is 3.18. The van der Waals surface area contributed by atoms with Crippen LogP contribution in [0.5, 0.6) is 0 Å². The summed E-state index contributed by atoms with van der Waals surface area (Å²) in [5, 5.41) is 3.90. The van der Waals surface area contributed by atoms with Crippen LogP contribution in [-0.2, 0) is 9.47 Å². The van der Waals surface area contributed by atoms with Gasteiger partial charge < -0.3 is 14.4 Å². The molecule has 3 aliphatic heterocycles. The third-order valence-electron chi connectivity index (χ3n) is 5.44. The Kier molecular flexibility index (Phi) is 4.41. The summed E-state index contributed by atoms with van der Waals surface area (Å²) >= 11 is 1.58. The molecule has 1 atom stereocenters. The van der Waals surface area contributed by atoms with Crippen LogP contribution in [0.4, 0.5) is 0 Å². The van der Waals surface area contributed by atoms with Crippen LogP contribution in [-0.4, -0.2) is 73.3 Å². The summed E-state index contributed by atoms with van der Waals surface area (Å²) in [7, 11) is 0. The van der Waals surface area contributed by atoms with E-state index in [1.807, 2.05) is 21.7 Å². The standard InChI is InChI=1S/C17H24N2O3S/c20-16(14-2-10-23-12-14)19-7-9-22-17(13-19)3-5-18(6-4-17)15-1-8-21-11-15/h2,10,12,15H,1,3-9,11,13H2/t15-/m1/s1. The summed E-state index contributed by atoms with van der Waals surface area (Å²) in [6.07, 6.45) is 3.17. The van der Waals surface area contributed by atoms with Gasteiger partial charge in [0, 0.05) is 37.7 Å². The lowest BCUT2D eigenvalue weighted by Gasteiger charge is -2.48. The molecule has 1 amide bonds. The van der Waals surface area contributed by atoms with E-state index in [0.29, 0.717) is 19.2 Å². The van der Waals surface area contributed by atoms with E-state index < -0.39 is 0 Å². The average Bonchev–Trinajstić information content (AvgIpc) is 3.29. The molecule has 1 aromatic heterocycles. The zero-order valence-corrected chi connectivity index (χ0v) is 14.2. The molecule has 5 nitrogen and oxygen atoms in total. The van der Waals surface area contributed by atoms with Gasteiger partial charge in [-0.25, -0.2) is 0 Å². The van der Waals surface area contributed by atoms with Crippen LogP contribution in [0.3, 0.4) is 0 Å². The predicted octanol–water partition coefficient (Wildman–Crippen LogP) is 1.84. The van der Waals surface area contributed by atoms with Crippen LogP contribution >= 0.6 is 11.3 Å². The highest BCUT2D eigenvalue weighted by atomic mass is 32.1. The lowest BCUT2D eigenvalue weighted by Crippen LogP contribution is -2.59. The maximum absolute atomic E-state index is 12.6. The van der Waals surface area contributed by atoms with Gasteiger partial charge in [0.15, 0.2) is 0 Å². The Labute approximate surface area is 141 Å². The van der Waals surface area contributed by atoms with Gasteiger partial charge in [-0.05, 0) is 30.7 Å². The Morgan fingerprint density at radius 3 is 2.83 bits per heavy atom. The van der Waals surface area contributed by atoms with Gasteiger partial charge in [-0.2, -0.15) is 11.3 Å². The van der Waals surface area contributed by atoms with Crippen molar-refractivity contribution in [1.29, 1.82) is 0 Å². The number of carbonyl (C=O) groups excluding carboxylic acids is 1. The highest BCUT2D eigenvalue weighted by molar-refractivity contribution is 7.08. The summed E-state index contributed by atoms with van der Waals surface area (Å²) in [5.41, 5.74) is 0.674. The lowest BCUT2D eigenvalue weighted by molar-refractivity contribution is -0.130. The number of morpholine rings is 1. The number of piperidine rings is 1. The summed E-state index contributed by atoms with van der Waals surface area (Å²) in [5.74, 6) is 0.153. The van der Waals surface area contributed by atoms with Gasteiger partial charge in [0.2, 0.25) is 0 Å². The van der Waals surface area contributed by atoms with Gasteiger partial charge in [-0.1, -0.05) is 0 Å². The molecule has 0 N–H and O–H groups in total. The zero-order valence-electron chi connectivity index (χ0n) is 13.4. The van der Waals surface area contributed by atoms with Gasteiger partial charge in [0.25, 0.3) is 5.91 Å². The third-order valence-corrected chi connectivity index (χ3v) is 6.12. The first-order chi connectivity index (χ1) is 11.3. The van der Waals surface area contributed by atoms with Gasteiger partial charge in [-0.15, -0.1) is 0 Å². The first kappa shape index (κ1) is 15.6. The van der Waals surface area contributed by atoms with Crippen molar-refractivity contribution in [2.45, 2.75) is 30.9 Å². The highest BCUT2D eigenvalue weighted by Crippen LogP contribution is 2.32. The SMILES string of the molecule is O=C(c1ccsc1)N1CCOC2(CCN([C@@H]3CCOC3)CC2)C1. The second kappa shape index (κ2) is 6.51. The minimum Gasteiger partial charge on any atom is -0.380 e. The van der Waals surface area contributed by atoms with Crippen molar-refractivity contribution in [3.05, 3.63) is 22.4 Å². The van der Waals surface area contributed by atoms with Crippen molar-refractivity contribution in [3.8, 4) is 0 Å². The zero-order chi connectivity index (χ0) is 15.7. The topological polar surface area (TPSA) is 42.0 Å². The molecule has 0 radical (unpaired) electrons. The molecule has 0 saturated carbocycles. The normalized spacial score (nSPS) is 28.3. The number of likely N-dealkylation sites (tertiary alicyclic amines) is 1.